The molecule has 0 aromatic heterocycles. The van der Waals surface area contributed by atoms with Crippen molar-refractivity contribution in [2.75, 3.05) is 27.3 Å². The van der Waals surface area contributed by atoms with E-state index < -0.39 is 0 Å². The summed E-state index contributed by atoms with van der Waals surface area (Å²) in [4.78, 5) is 14.7. The zero-order valence-electron chi connectivity index (χ0n) is 12.1. The van der Waals surface area contributed by atoms with E-state index in [1.807, 2.05) is 11.0 Å². The van der Waals surface area contributed by atoms with Crippen LogP contribution in [0.3, 0.4) is 0 Å². The van der Waals surface area contributed by atoms with Crippen LogP contribution in [0.1, 0.15) is 29.6 Å². The Morgan fingerprint density at radius 2 is 1.90 bits per heavy atom. The third-order valence-electron chi connectivity index (χ3n) is 3.49. The summed E-state index contributed by atoms with van der Waals surface area (Å²) in [6.45, 7) is 1.26. The molecule has 0 heterocycles. The van der Waals surface area contributed by atoms with Gasteiger partial charge < -0.3 is 20.1 Å². The molecule has 0 saturated heterocycles. The number of nitrogens with two attached hydrogens (primary N) is 1. The van der Waals surface area contributed by atoms with Gasteiger partial charge in [0, 0.05) is 12.6 Å². The van der Waals surface area contributed by atoms with Gasteiger partial charge in [-0.05, 0) is 37.9 Å². The van der Waals surface area contributed by atoms with Gasteiger partial charge in [0.1, 0.15) is 17.1 Å². The van der Waals surface area contributed by atoms with E-state index in [-0.39, 0.29) is 5.91 Å². The Labute approximate surface area is 119 Å². The third kappa shape index (κ3) is 3.04. The normalized spacial score (nSPS) is 13.9. The van der Waals surface area contributed by atoms with Gasteiger partial charge in [-0.2, -0.15) is 0 Å². The zero-order chi connectivity index (χ0) is 14.5. The van der Waals surface area contributed by atoms with Gasteiger partial charge in [0.2, 0.25) is 0 Å². The number of hydrogen-bond acceptors (Lipinski definition) is 4. The number of carbonyl (C=O) groups is 1. The second-order valence-corrected chi connectivity index (χ2v) is 4.91. The Bertz CT molecular complexity index is 450. The minimum atomic E-state index is -0.0322. The molecule has 2 rings (SSSR count). The molecule has 5 heteroatoms. The first-order chi connectivity index (χ1) is 9.72. The van der Waals surface area contributed by atoms with Crippen molar-refractivity contribution >= 4 is 5.91 Å². The van der Waals surface area contributed by atoms with E-state index in [9.17, 15) is 4.79 Å². The molecule has 0 aliphatic heterocycles. The Morgan fingerprint density at radius 3 is 2.35 bits per heavy atom. The van der Waals surface area contributed by atoms with Gasteiger partial charge in [-0.1, -0.05) is 6.07 Å². The SMILES string of the molecule is COc1cccc(OC)c1C(=O)N(CCCN)C1CC1. The van der Waals surface area contributed by atoms with Crippen LogP contribution in [0.4, 0.5) is 0 Å². The van der Waals surface area contributed by atoms with Crippen LogP contribution in [0.5, 0.6) is 11.5 Å². The van der Waals surface area contributed by atoms with Gasteiger partial charge in [-0.25, -0.2) is 0 Å². The fraction of sp³-hybridized carbons (Fsp3) is 0.533. The molecule has 0 atom stereocenters. The fourth-order valence-corrected chi connectivity index (χ4v) is 2.30. The van der Waals surface area contributed by atoms with Crippen molar-refractivity contribution in [3.63, 3.8) is 0 Å². The molecule has 20 heavy (non-hydrogen) atoms. The van der Waals surface area contributed by atoms with Crippen LogP contribution in [0.15, 0.2) is 18.2 Å². The lowest BCUT2D eigenvalue weighted by atomic mass is 10.1. The van der Waals surface area contributed by atoms with Gasteiger partial charge in [-0.15, -0.1) is 0 Å². The first kappa shape index (κ1) is 14.7. The third-order valence-corrected chi connectivity index (χ3v) is 3.49. The van der Waals surface area contributed by atoms with Gasteiger partial charge >= 0.3 is 0 Å². The van der Waals surface area contributed by atoms with Crippen molar-refractivity contribution in [1.29, 1.82) is 0 Å². The van der Waals surface area contributed by atoms with Crippen molar-refractivity contribution in [3.05, 3.63) is 23.8 Å². The second kappa shape index (κ2) is 6.61. The highest BCUT2D eigenvalue weighted by molar-refractivity contribution is 6.00. The number of carbonyl (C=O) groups excluding carboxylic acids is 1. The number of amides is 1. The second-order valence-electron chi connectivity index (χ2n) is 4.91. The van der Waals surface area contributed by atoms with Crippen LogP contribution in [-0.4, -0.2) is 44.2 Å². The first-order valence-corrected chi connectivity index (χ1v) is 6.95. The number of hydrogen-bond donors (Lipinski definition) is 1. The molecule has 0 radical (unpaired) electrons. The predicted molar refractivity (Wildman–Crippen MR) is 77.3 cm³/mol. The van der Waals surface area contributed by atoms with Gasteiger partial charge in [0.15, 0.2) is 0 Å². The molecule has 1 aliphatic rings. The molecular weight excluding hydrogens is 256 g/mol. The molecule has 2 N–H and O–H groups in total. The minimum Gasteiger partial charge on any atom is -0.496 e. The molecule has 1 saturated carbocycles. The first-order valence-electron chi connectivity index (χ1n) is 6.95. The summed E-state index contributed by atoms with van der Waals surface area (Å²) in [5.74, 6) is 1.07. The zero-order valence-corrected chi connectivity index (χ0v) is 12.1. The lowest BCUT2D eigenvalue weighted by Gasteiger charge is -2.24. The Kier molecular flexibility index (Phi) is 4.84. The standard InChI is InChI=1S/C15H22N2O3/c1-19-12-5-3-6-13(20-2)14(12)15(18)17(10-4-9-16)11-7-8-11/h3,5-6,11H,4,7-10,16H2,1-2H3. The number of methoxy groups -OCH3 is 2. The molecule has 0 unspecified atom stereocenters. The van der Waals surface area contributed by atoms with E-state index in [2.05, 4.69) is 0 Å². The van der Waals surface area contributed by atoms with Crippen molar-refractivity contribution in [3.8, 4) is 11.5 Å². The summed E-state index contributed by atoms with van der Waals surface area (Å²) in [5, 5.41) is 0. The smallest absolute Gasteiger partial charge is 0.261 e. The minimum absolute atomic E-state index is 0.0322. The van der Waals surface area contributed by atoms with Crippen molar-refractivity contribution in [2.45, 2.75) is 25.3 Å². The van der Waals surface area contributed by atoms with Crippen molar-refractivity contribution in [1.82, 2.24) is 4.90 Å². The summed E-state index contributed by atoms with van der Waals surface area (Å²) in [6.07, 6.45) is 2.93. The Balaban J connectivity index is 2.30. The van der Waals surface area contributed by atoms with Crippen LogP contribution < -0.4 is 15.2 Å². The molecule has 1 aromatic rings. The van der Waals surface area contributed by atoms with E-state index in [1.54, 1.807) is 26.4 Å². The molecule has 1 fully saturated rings. The maximum absolute atomic E-state index is 12.8. The van der Waals surface area contributed by atoms with E-state index in [4.69, 9.17) is 15.2 Å². The van der Waals surface area contributed by atoms with Crippen LogP contribution in [0.2, 0.25) is 0 Å². The summed E-state index contributed by atoms with van der Waals surface area (Å²) in [5.41, 5.74) is 6.06. The monoisotopic (exact) mass is 278 g/mol. The molecule has 1 aromatic carbocycles. The lowest BCUT2D eigenvalue weighted by Crippen LogP contribution is -2.35. The van der Waals surface area contributed by atoms with Crippen molar-refractivity contribution < 1.29 is 14.3 Å². The Morgan fingerprint density at radius 1 is 1.30 bits per heavy atom. The number of benzene rings is 1. The number of rotatable bonds is 7. The summed E-state index contributed by atoms with van der Waals surface area (Å²) < 4.78 is 10.6. The molecular formula is C15H22N2O3. The molecule has 1 amide bonds. The van der Waals surface area contributed by atoms with Gasteiger partial charge in [-0.3, -0.25) is 4.79 Å². The number of ether oxygens (including phenoxy) is 2. The maximum Gasteiger partial charge on any atom is 0.261 e. The van der Waals surface area contributed by atoms with Crippen LogP contribution >= 0.6 is 0 Å². The average Bonchev–Trinajstić information content (AvgIpc) is 3.31. The van der Waals surface area contributed by atoms with Crippen LogP contribution in [0.25, 0.3) is 0 Å². The van der Waals surface area contributed by atoms with E-state index in [0.29, 0.717) is 36.2 Å². The fourth-order valence-electron chi connectivity index (χ4n) is 2.30. The summed E-state index contributed by atoms with van der Waals surface area (Å²) >= 11 is 0. The Hall–Kier alpha value is -1.75. The van der Waals surface area contributed by atoms with Gasteiger partial charge in [0.05, 0.1) is 14.2 Å². The molecule has 1 aliphatic carbocycles. The highest BCUT2D eigenvalue weighted by atomic mass is 16.5. The molecule has 0 spiro atoms. The highest BCUT2D eigenvalue weighted by Gasteiger charge is 2.34. The van der Waals surface area contributed by atoms with Crippen LogP contribution in [-0.2, 0) is 0 Å². The van der Waals surface area contributed by atoms with E-state index in [0.717, 1.165) is 19.3 Å². The van der Waals surface area contributed by atoms with E-state index >= 15 is 0 Å². The maximum atomic E-state index is 12.8. The summed E-state index contributed by atoms with van der Waals surface area (Å²) in [6, 6.07) is 5.72. The largest absolute Gasteiger partial charge is 0.496 e. The predicted octanol–water partition coefficient (Wildman–Crippen LogP) is 1.66. The van der Waals surface area contributed by atoms with Gasteiger partial charge in [0.25, 0.3) is 5.91 Å². The van der Waals surface area contributed by atoms with Crippen LogP contribution in [0, 0.1) is 0 Å². The molecule has 5 nitrogen and oxygen atoms in total. The topological polar surface area (TPSA) is 64.8 Å². The lowest BCUT2D eigenvalue weighted by molar-refractivity contribution is 0.0735. The van der Waals surface area contributed by atoms with E-state index in [1.165, 1.54) is 0 Å². The molecule has 0 bridgehead atoms. The quantitative estimate of drug-likeness (QED) is 0.824. The van der Waals surface area contributed by atoms with Crippen molar-refractivity contribution in [2.24, 2.45) is 5.73 Å². The number of nitrogens with zero attached hydrogens (tertiary/aromatic N) is 1. The average molecular weight is 278 g/mol. The molecule has 110 valence electrons. The highest BCUT2D eigenvalue weighted by Crippen LogP contribution is 2.34. The summed E-state index contributed by atoms with van der Waals surface area (Å²) in [7, 11) is 3.12.